The maximum absolute atomic E-state index is 6.38. The van der Waals surface area contributed by atoms with Crippen LogP contribution in [0.4, 0.5) is 0 Å². The van der Waals surface area contributed by atoms with Crippen molar-refractivity contribution in [2.24, 2.45) is 0 Å². The van der Waals surface area contributed by atoms with Gasteiger partial charge < -0.3 is 9.47 Å². The number of hydrogen-bond acceptors (Lipinski definition) is 2. The number of hydrogen-bond donors (Lipinski definition) is 0. The van der Waals surface area contributed by atoms with Crippen LogP contribution in [0.15, 0.2) is 78.9 Å². The number of ether oxygens (including phenoxy) is 2. The van der Waals surface area contributed by atoms with Crippen molar-refractivity contribution in [1.82, 2.24) is 0 Å². The fourth-order valence-electron chi connectivity index (χ4n) is 2.90. The van der Waals surface area contributed by atoms with Crippen LogP contribution >= 0.6 is 11.6 Å². The maximum atomic E-state index is 6.38. The summed E-state index contributed by atoms with van der Waals surface area (Å²) < 4.78 is 12.7. The Labute approximate surface area is 140 Å². The lowest BCUT2D eigenvalue weighted by Crippen LogP contribution is -2.36. The quantitative estimate of drug-likeness (QED) is 0.625. The van der Waals surface area contributed by atoms with Gasteiger partial charge in [0.2, 0.25) is 0 Å². The molecule has 1 aliphatic rings. The maximum Gasteiger partial charge on any atom is 0.305 e. The summed E-state index contributed by atoms with van der Waals surface area (Å²) in [6.07, 6.45) is 0. The average molecular weight is 323 g/mol. The molecule has 0 amide bonds. The molecule has 0 saturated heterocycles. The van der Waals surface area contributed by atoms with Gasteiger partial charge in [0.25, 0.3) is 0 Å². The van der Waals surface area contributed by atoms with Crippen LogP contribution in [-0.2, 0) is 11.7 Å². The Morgan fingerprint density at radius 2 is 1.30 bits per heavy atom. The van der Waals surface area contributed by atoms with Crippen molar-refractivity contribution in [2.45, 2.75) is 11.7 Å². The molecule has 0 spiro atoms. The van der Waals surface area contributed by atoms with Crippen LogP contribution in [-0.4, -0.2) is 0 Å². The number of benzene rings is 3. The molecule has 0 atom stereocenters. The van der Waals surface area contributed by atoms with Gasteiger partial charge in [-0.05, 0) is 6.07 Å². The predicted molar refractivity (Wildman–Crippen MR) is 90.9 cm³/mol. The summed E-state index contributed by atoms with van der Waals surface area (Å²) in [5.41, 5.74) is 2.82. The Morgan fingerprint density at radius 3 is 1.87 bits per heavy atom. The van der Waals surface area contributed by atoms with Crippen LogP contribution in [0.3, 0.4) is 0 Å². The molecular formula is C20H15ClO2. The second kappa shape index (κ2) is 5.64. The molecular weight excluding hydrogens is 308 g/mol. The van der Waals surface area contributed by atoms with E-state index in [0.29, 0.717) is 5.88 Å². The number of halogens is 1. The first kappa shape index (κ1) is 14.2. The van der Waals surface area contributed by atoms with Crippen molar-refractivity contribution in [3.05, 3.63) is 95.6 Å². The van der Waals surface area contributed by atoms with Gasteiger partial charge in [-0.15, -0.1) is 11.6 Å². The summed E-state index contributed by atoms with van der Waals surface area (Å²) >= 11 is 6.06. The minimum Gasteiger partial charge on any atom is -0.440 e. The standard InChI is InChI=1S/C20H15ClO2/c21-14-15-8-7-13-18-19(15)23-20(22-18,16-9-3-1-4-10-16)17-11-5-2-6-12-17/h1-13H,14H2. The Bertz CT molecular complexity index is 776. The average Bonchev–Trinajstić information content (AvgIpc) is 3.04. The normalized spacial score (nSPS) is 14.7. The van der Waals surface area contributed by atoms with Crippen molar-refractivity contribution >= 4 is 11.6 Å². The highest BCUT2D eigenvalue weighted by Crippen LogP contribution is 2.49. The van der Waals surface area contributed by atoms with Gasteiger partial charge in [0.15, 0.2) is 11.5 Å². The monoisotopic (exact) mass is 322 g/mol. The second-order valence-electron chi connectivity index (χ2n) is 5.43. The number of alkyl halides is 1. The van der Waals surface area contributed by atoms with Gasteiger partial charge in [-0.25, -0.2) is 0 Å². The van der Waals surface area contributed by atoms with Crippen molar-refractivity contribution in [3.63, 3.8) is 0 Å². The first-order chi connectivity index (χ1) is 11.3. The molecule has 3 heteroatoms. The summed E-state index contributed by atoms with van der Waals surface area (Å²) in [5.74, 6) is 0.838. The highest BCUT2D eigenvalue weighted by Gasteiger charge is 2.45. The first-order valence-corrected chi connectivity index (χ1v) is 8.04. The fraction of sp³-hybridized carbons (Fsp3) is 0.100. The lowest BCUT2D eigenvalue weighted by atomic mass is 9.97. The lowest BCUT2D eigenvalue weighted by Gasteiger charge is -2.28. The Morgan fingerprint density at radius 1 is 0.696 bits per heavy atom. The van der Waals surface area contributed by atoms with Crippen molar-refractivity contribution in [1.29, 1.82) is 0 Å². The van der Waals surface area contributed by atoms with Crippen molar-refractivity contribution in [2.75, 3.05) is 0 Å². The summed E-state index contributed by atoms with van der Waals surface area (Å²) in [6.45, 7) is 0. The SMILES string of the molecule is ClCc1cccc2c1OC(c1ccccc1)(c1ccccc1)O2. The molecule has 1 aliphatic heterocycles. The largest absolute Gasteiger partial charge is 0.440 e. The van der Waals surface area contributed by atoms with Gasteiger partial charge in [0.1, 0.15) is 0 Å². The smallest absolute Gasteiger partial charge is 0.305 e. The fourth-order valence-corrected chi connectivity index (χ4v) is 3.11. The molecule has 23 heavy (non-hydrogen) atoms. The van der Waals surface area contributed by atoms with Crippen LogP contribution in [0, 0.1) is 0 Å². The molecule has 0 aromatic heterocycles. The van der Waals surface area contributed by atoms with Gasteiger partial charge >= 0.3 is 5.79 Å². The van der Waals surface area contributed by atoms with E-state index in [0.717, 1.165) is 28.2 Å². The van der Waals surface area contributed by atoms with E-state index in [1.165, 1.54) is 0 Å². The number of fused-ring (bicyclic) bond motifs is 1. The van der Waals surface area contributed by atoms with E-state index in [4.69, 9.17) is 21.1 Å². The van der Waals surface area contributed by atoms with Crippen molar-refractivity contribution in [3.8, 4) is 11.5 Å². The van der Waals surface area contributed by atoms with Gasteiger partial charge in [-0.2, -0.15) is 0 Å². The van der Waals surface area contributed by atoms with Gasteiger partial charge in [-0.1, -0.05) is 72.8 Å². The molecule has 0 bridgehead atoms. The third-order valence-electron chi connectivity index (χ3n) is 4.01. The molecule has 3 aromatic rings. The molecule has 0 N–H and O–H groups in total. The van der Waals surface area contributed by atoms with Crippen LogP contribution in [0.2, 0.25) is 0 Å². The molecule has 0 fully saturated rings. The summed E-state index contributed by atoms with van der Waals surface area (Å²) in [5, 5.41) is 0. The summed E-state index contributed by atoms with van der Waals surface area (Å²) in [7, 11) is 0. The third-order valence-corrected chi connectivity index (χ3v) is 4.30. The zero-order chi connectivity index (χ0) is 15.7. The number of para-hydroxylation sites is 1. The highest BCUT2D eigenvalue weighted by molar-refractivity contribution is 6.17. The Hall–Kier alpha value is -2.45. The third kappa shape index (κ3) is 2.27. The second-order valence-corrected chi connectivity index (χ2v) is 5.70. The first-order valence-electron chi connectivity index (χ1n) is 7.50. The van der Waals surface area contributed by atoms with Gasteiger partial charge in [0, 0.05) is 16.7 Å². The van der Waals surface area contributed by atoms with Crippen LogP contribution in [0.5, 0.6) is 11.5 Å². The Balaban J connectivity index is 1.91. The lowest BCUT2D eigenvalue weighted by molar-refractivity contribution is -0.0461. The molecule has 4 rings (SSSR count). The highest BCUT2D eigenvalue weighted by atomic mass is 35.5. The molecule has 0 radical (unpaired) electrons. The van der Waals surface area contributed by atoms with E-state index in [-0.39, 0.29) is 0 Å². The molecule has 3 aromatic carbocycles. The van der Waals surface area contributed by atoms with E-state index >= 15 is 0 Å². The van der Waals surface area contributed by atoms with E-state index in [2.05, 4.69) is 0 Å². The zero-order valence-electron chi connectivity index (χ0n) is 12.4. The van der Waals surface area contributed by atoms with Gasteiger partial charge in [-0.3, -0.25) is 0 Å². The molecule has 2 nitrogen and oxygen atoms in total. The molecule has 0 aliphatic carbocycles. The van der Waals surface area contributed by atoms with Gasteiger partial charge in [0.05, 0.1) is 5.88 Å². The Kier molecular flexibility index (Phi) is 3.47. The molecule has 0 saturated carbocycles. The molecule has 114 valence electrons. The van der Waals surface area contributed by atoms with E-state index in [1.807, 2.05) is 78.9 Å². The topological polar surface area (TPSA) is 18.5 Å². The minimum atomic E-state index is -0.979. The molecule has 0 unspecified atom stereocenters. The zero-order valence-corrected chi connectivity index (χ0v) is 13.2. The summed E-state index contributed by atoms with van der Waals surface area (Å²) in [6, 6.07) is 25.8. The van der Waals surface area contributed by atoms with Crippen LogP contribution in [0.25, 0.3) is 0 Å². The molecule has 1 heterocycles. The van der Waals surface area contributed by atoms with E-state index in [9.17, 15) is 0 Å². The van der Waals surface area contributed by atoms with Crippen molar-refractivity contribution < 1.29 is 9.47 Å². The number of rotatable bonds is 3. The van der Waals surface area contributed by atoms with Crippen LogP contribution < -0.4 is 9.47 Å². The summed E-state index contributed by atoms with van der Waals surface area (Å²) in [4.78, 5) is 0. The van der Waals surface area contributed by atoms with Crippen LogP contribution in [0.1, 0.15) is 16.7 Å². The predicted octanol–water partition coefficient (Wildman–Crippen LogP) is 5.10. The van der Waals surface area contributed by atoms with E-state index < -0.39 is 5.79 Å². The minimum absolute atomic E-state index is 0.381. The van der Waals surface area contributed by atoms with E-state index in [1.54, 1.807) is 0 Å².